The lowest BCUT2D eigenvalue weighted by Gasteiger charge is -2.39. The minimum Gasteiger partial charge on any atom is -0.490 e. The third kappa shape index (κ3) is 4.60. The summed E-state index contributed by atoms with van der Waals surface area (Å²) in [5.74, 6) is 0.383. The number of hydrogen-bond acceptors (Lipinski definition) is 7. The first kappa shape index (κ1) is 22.6. The van der Waals surface area contributed by atoms with Gasteiger partial charge in [-0.05, 0) is 62.1 Å². The van der Waals surface area contributed by atoms with Crippen LogP contribution in [0.25, 0.3) is 0 Å². The lowest BCUT2D eigenvalue weighted by Crippen LogP contribution is -2.58. The van der Waals surface area contributed by atoms with Gasteiger partial charge >= 0.3 is 0 Å². The van der Waals surface area contributed by atoms with Crippen molar-refractivity contribution >= 4 is 15.7 Å². The molecule has 0 unspecified atom stereocenters. The lowest BCUT2D eigenvalue weighted by molar-refractivity contribution is -0.133. The van der Waals surface area contributed by atoms with Crippen molar-refractivity contribution in [2.75, 3.05) is 26.3 Å². The van der Waals surface area contributed by atoms with Gasteiger partial charge in [0, 0.05) is 19.1 Å². The maximum absolute atomic E-state index is 13.5. The Labute approximate surface area is 188 Å². The summed E-state index contributed by atoms with van der Waals surface area (Å²) in [4.78, 5) is 14.8. The fourth-order valence-corrected chi connectivity index (χ4v) is 6.14. The topological polar surface area (TPSA) is 105 Å². The second kappa shape index (κ2) is 9.48. The summed E-state index contributed by atoms with van der Waals surface area (Å²) in [6.07, 6.45) is 2.52. The Balaban J connectivity index is 1.41. The van der Waals surface area contributed by atoms with E-state index in [2.05, 4.69) is 4.90 Å². The molecule has 4 rings (SSSR count). The number of amides is 1. The maximum Gasteiger partial charge on any atom is 0.265 e. The number of benzene rings is 2. The standard InChI is InChI=1S/C23H28N2O6S/c26-22(24-27)23(12-14-25(15-13-23)18-6-7-18)32(28,29)21-10-8-20(9-11-21)31-17-16-30-19-4-2-1-3-5-19/h1-5,8-11,18,27H,6-7,12-17H2,(H,24,26). The first-order valence-electron chi connectivity index (χ1n) is 10.8. The Morgan fingerprint density at radius 3 is 2.06 bits per heavy atom. The van der Waals surface area contributed by atoms with Crippen molar-refractivity contribution in [3.8, 4) is 11.5 Å². The molecule has 1 aliphatic carbocycles. The molecule has 172 valence electrons. The molecule has 9 heteroatoms. The summed E-state index contributed by atoms with van der Waals surface area (Å²) in [5.41, 5.74) is 1.60. The van der Waals surface area contributed by atoms with Crippen LogP contribution in [0.15, 0.2) is 59.5 Å². The van der Waals surface area contributed by atoms with Gasteiger partial charge in [0.25, 0.3) is 5.91 Å². The molecular weight excluding hydrogens is 432 g/mol. The molecule has 2 aliphatic rings. The molecule has 2 fully saturated rings. The van der Waals surface area contributed by atoms with Gasteiger partial charge in [-0.25, -0.2) is 13.9 Å². The molecule has 2 aromatic carbocycles. The van der Waals surface area contributed by atoms with E-state index >= 15 is 0 Å². The molecule has 8 nitrogen and oxygen atoms in total. The minimum atomic E-state index is -4.02. The van der Waals surface area contributed by atoms with Crippen LogP contribution in [0.2, 0.25) is 0 Å². The van der Waals surface area contributed by atoms with Gasteiger partial charge in [-0.15, -0.1) is 0 Å². The molecule has 1 aliphatic heterocycles. The molecule has 0 aromatic heterocycles. The van der Waals surface area contributed by atoms with Crippen LogP contribution >= 0.6 is 0 Å². The molecule has 1 amide bonds. The minimum absolute atomic E-state index is 0.0360. The van der Waals surface area contributed by atoms with Gasteiger partial charge in [0.2, 0.25) is 0 Å². The molecular formula is C23H28N2O6S. The number of rotatable bonds is 9. The lowest BCUT2D eigenvalue weighted by atomic mass is 9.94. The van der Waals surface area contributed by atoms with Crippen molar-refractivity contribution in [1.82, 2.24) is 10.4 Å². The predicted octanol–water partition coefficient (Wildman–Crippen LogP) is 2.42. The second-order valence-corrected chi connectivity index (χ2v) is 10.4. The summed E-state index contributed by atoms with van der Waals surface area (Å²) < 4.78 is 36.5. The smallest absolute Gasteiger partial charge is 0.265 e. The van der Waals surface area contributed by atoms with Crippen molar-refractivity contribution in [2.45, 2.75) is 41.4 Å². The molecule has 0 radical (unpaired) electrons. The third-order valence-corrected chi connectivity index (χ3v) is 8.71. The van der Waals surface area contributed by atoms with Gasteiger partial charge in [-0.1, -0.05) is 18.2 Å². The summed E-state index contributed by atoms with van der Waals surface area (Å²) in [6.45, 7) is 1.68. The summed E-state index contributed by atoms with van der Waals surface area (Å²) in [6, 6.07) is 15.9. The van der Waals surface area contributed by atoms with Crippen LogP contribution in [0.5, 0.6) is 11.5 Å². The SMILES string of the molecule is O=C(NO)C1(S(=O)(=O)c2ccc(OCCOc3ccccc3)cc2)CCN(C2CC2)CC1. The summed E-state index contributed by atoms with van der Waals surface area (Å²) in [7, 11) is -4.02. The Kier molecular flexibility index (Phi) is 6.68. The Hall–Kier alpha value is -2.62. The van der Waals surface area contributed by atoms with Gasteiger partial charge in [-0.2, -0.15) is 0 Å². The van der Waals surface area contributed by atoms with Crippen LogP contribution in [0.4, 0.5) is 0 Å². The van der Waals surface area contributed by atoms with E-state index in [9.17, 15) is 18.4 Å². The molecule has 1 heterocycles. The monoisotopic (exact) mass is 460 g/mol. The van der Waals surface area contributed by atoms with E-state index in [4.69, 9.17) is 9.47 Å². The molecule has 2 aromatic rings. The van der Waals surface area contributed by atoms with E-state index in [-0.39, 0.29) is 17.7 Å². The Morgan fingerprint density at radius 1 is 0.969 bits per heavy atom. The highest BCUT2D eigenvalue weighted by molar-refractivity contribution is 7.93. The molecule has 1 saturated carbocycles. The molecule has 32 heavy (non-hydrogen) atoms. The molecule has 2 N–H and O–H groups in total. The van der Waals surface area contributed by atoms with Crippen molar-refractivity contribution in [1.29, 1.82) is 0 Å². The zero-order valence-corrected chi connectivity index (χ0v) is 18.6. The Bertz CT molecular complexity index is 1010. The maximum atomic E-state index is 13.5. The molecule has 1 saturated heterocycles. The van der Waals surface area contributed by atoms with Gasteiger partial charge in [0.05, 0.1) is 4.90 Å². The van der Waals surface area contributed by atoms with Crippen LogP contribution < -0.4 is 15.0 Å². The van der Waals surface area contributed by atoms with Gasteiger partial charge < -0.3 is 14.4 Å². The van der Waals surface area contributed by atoms with Gasteiger partial charge in [0.1, 0.15) is 24.7 Å². The van der Waals surface area contributed by atoms with Gasteiger partial charge in [0.15, 0.2) is 14.6 Å². The first-order chi connectivity index (χ1) is 15.5. The number of piperidine rings is 1. The van der Waals surface area contributed by atoms with E-state index in [1.165, 1.54) is 12.1 Å². The van der Waals surface area contributed by atoms with Crippen molar-refractivity contribution in [3.05, 3.63) is 54.6 Å². The number of carbonyl (C=O) groups is 1. The number of likely N-dealkylation sites (tertiary alicyclic amines) is 1. The Morgan fingerprint density at radius 2 is 1.53 bits per heavy atom. The number of nitrogens with one attached hydrogen (secondary N) is 1. The van der Waals surface area contributed by atoms with E-state index < -0.39 is 20.5 Å². The van der Waals surface area contributed by atoms with Crippen LogP contribution in [-0.4, -0.2) is 61.5 Å². The van der Waals surface area contributed by atoms with Crippen molar-refractivity contribution in [2.24, 2.45) is 0 Å². The van der Waals surface area contributed by atoms with E-state index in [1.807, 2.05) is 30.3 Å². The fourth-order valence-electron chi connectivity index (χ4n) is 4.19. The molecule has 0 bridgehead atoms. The summed E-state index contributed by atoms with van der Waals surface area (Å²) >= 11 is 0. The average Bonchev–Trinajstić information content (AvgIpc) is 3.68. The molecule has 0 spiro atoms. The number of sulfone groups is 1. The number of ether oxygens (including phenoxy) is 2. The van der Waals surface area contributed by atoms with E-state index in [0.29, 0.717) is 38.1 Å². The number of carbonyl (C=O) groups excluding carboxylic acids is 1. The van der Waals surface area contributed by atoms with Crippen LogP contribution in [0.1, 0.15) is 25.7 Å². The molecule has 0 atom stereocenters. The van der Waals surface area contributed by atoms with E-state index in [1.54, 1.807) is 17.6 Å². The highest BCUT2D eigenvalue weighted by atomic mass is 32.2. The fraction of sp³-hybridized carbons (Fsp3) is 0.435. The number of hydroxylamine groups is 1. The number of nitrogens with zero attached hydrogens (tertiary/aromatic N) is 1. The van der Waals surface area contributed by atoms with Crippen LogP contribution in [0, 0.1) is 0 Å². The number of hydrogen-bond donors (Lipinski definition) is 2. The van der Waals surface area contributed by atoms with Crippen molar-refractivity contribution in [3.63, 3.8) is 0 Å². The zero-order chi connectivity index (χ0) is 22.6. The zero-order valence-electron chi connectivity index (χ0n) is 17.8. The van der Waals surface area contributed by atoms with Crippen LogP contribution in [-0.2, 0) is 14.6 Å². The van der Waals surface area contributed by atoms with Gasteiger partial charge in [-0.3, -0.25) is 10.0 Å². The first-order valence-corrected chi connectivity index (χ1v) is 12.3. The van der Waals surface area contributed by atoms with E-state index in [0.717, 1.165) is 18.6 Å². The highest BCUT2D eigenvalue weighted by Gasteiger charge is 2.53. The average molecular weight is 461 g/mol. The quantitative estimate of drug-likeness (QED) is 0.336. The number of para-hydroxylation sites is 1. The summed E-state index contributed by atoms with van der Waals surface area (Å²) in [5, 5.41) is 9.29. The highest BCUT2D eigenvalue weighted by Crippen LogP contribution is 2.39. The third-order valence-electron chi connectivity index (χ3n) is 6.20. The second-order valence-electron chi connectivity index (χ2n) is 8.19. The van der Waals surface area contributed by atoms with Crippen LogP contribution in [0.3, 0.4) is 0 Å². The predicted molar refractivity (Wildman–Crippen MR) is 118 cm³/mol. The normalized spacial score (nSPS) is 18.7. The largest absolute Gasteiger partial charge is 0.490 e. The van der Waals surface area contributed by atoms with Crippen molar-refractivity contribution < 1.29 is 27.9 Å².